The third kappa shape index (κ3) is 4.47. The third-order valence-electron chi connectivity index (χ3n) is 3.44. The molecule has 3 aromatic rings. The number of pyridine rings is 2. The lowest BCUT2D eigenvalue weighted by Gasteiger charge is -2.10. The van der Waals surface area contributed by atoms with Crippen molar-refractivity contribution in [2.75, 3.05) is 10.6 Å². The maximum atomic E-state index is 12.4. The molecule has 0 bridgehead atoms. The average Bonchev–Trinajstić information content (AvgIpc) is 2.65. The minimum atomic E-state index is -0.364. The van der Waals surface area contributed by atoms with Crippen LogP contribution in [-0.2, 0) is 6.54 Å². The molecule has 0 aliphatic carbocycles. The predicted molar refractivity (Wildman–Crippen MR) is 100 cm³/mol. The maximum Gasteiger partial charge on any atom is 0.274 e. The highest BCUT2D eigenvalue weighted by Crippen LogP contribution is 2.29. The number of benzene rings is 1. The zero-order chi connectivity index (χ0) is 17.6. The third-order valence-corrected chi connectivity index (χ3v) is 4.26. The Morgan fingerprint density at radius 1 is 1.04 bits per heavy atom. The van der Waals surface area contributed by atoms with Gasteiger partial charge in [0.1, 0.15) is 5.69 Å². The van der Waals surface area contributed by atoms with E-state index in [0.29, 0.717) is 22.3 Å². The van der Waals surface area contributed by atoms with Crippen molar-refractivity contribution >= 4 is 40.5 Å². The van der Waals surface area contributed by atoms with E-state index in [-0.39, 0.29) is 11.6 Å². The van der Waals surface area contributed by atoms with Gasteiger partial charge < -0.3 is 10.6 Å². The van der Waals surface area contributed by atoms with E-state index in [2.05, 4.69) is 20.6 Å². The highest BCUT2D eigenvalue weighted by molar-refractivity contribution is 6.44. The lowest BCUT2D eigenvalue weighted by molar-refractivity contribution is 0.102. The monoisotopic (exact) mass is 372 g/mol. The van der Waals surface area contributed by atoms with Gasteiger partial charge in [-0.15, -0.1) is 0 Å². The van der Waals surface area contributed by atoms with E-state index in [1.807, 2.05) is 12.1 Å². The summed E-state index contributed by atoms with van der Waals surface area (Å²) in [7, 11) is 0. The normalized spacial score (nSPS) is 10.3. The molecule has 0 fully saturated rings. The van der Waals surface area contributed by atoms with Crippen LogP contribution in [0.15, 0.2) is 61.1 Å². The fourth-order valence-electron chi connectivity index (χ4n) is 2.16. The van der Waals surface area contributed by atoms with Gasteiger partial charge in [0.15, 0.2) is 0 Å². The Hall–Kier alpha value is -2.63. The van der Waals surface area contributed by atoms with E-state index in [1.54, 1.807) is 48.9 Å². The van der Waals surface area contributed by atoms with Crippen LogP contribution in [-0.4, -0.2) is 15.9 Å². The highest BCUT2D eigenvalue weighted by atomic mass is 35.5. The van der Waals surface area contributed by atoms with Gasteiger partial charge in [-0.05, 0) is 42.0 Å². The predicted octanol–water partition coefficient (Wildman–Crippen LogP) is 4.65. The number of carbonyl (C=O) groups excluding carboxylic acids is 1. The molecule has 0 unspecified atom stereocenters. The van der Waals surface area contributed by atoms with Crippen molar-refractivity contribution in [3.63, 3.8) is 0 Å². The Bertz CT molecular complexity index is 887. The number of aromatic nitrogens is 2. The second-order valence-corrected chi connectivity index (χ2v) is 5.98. The molecule has 126 valence electrons. The Morgan fingerprint density at radius 2 is 1.84 bits per heavy atom. The molecule has 0 aliphatic heterocycles. The number of nitrogens with one attached hydrogen (secondary N) is 2. The van der Waals surface area contributed by atoms with Crippen molar-refractivity contribution in [3.05, 3.63) is 82.4 Å². The molecule has 1 amide bonds. The second kappa shape index (κ2) is 7.96. The fraction of sp³-hybridized carbons (Fsp3) is 0.0556. The molecule has 3 rings (SSSR count). The first-order valence-corrected chi connectivity index (χ1v) is 8.23. The van der Waals surface area contributed by atoms with Crippen LogP contribution in [0, 0.1) is 0 Å². The molecule has 5 nitrogen and oxygen atoms in total. The van der Waals surface area contributed by atoms with Crippen molar-refractivity contribution < 1.29 is 4.79 Å². The van der Waals surface area contributed by atoms with Gasteiger partial charge in [-0.2, -0.15) is 0 Å². The van der Waals surface area contributed by atoms with Crippen LogP contribution in [0.1, 0.15) is 16.1 Å². The molecule has 0 saturated heterocycles. The summed E-state index contributed by atoms with van der Waals surface area (Å²) in [4.78, 5) is 20.5. The van der Waals surface area contributed by atoms with Crippen LogP contribution in [0.3, 0.4) is 0 Å². The van der Waals surface area contributed by atoms with Crippen molar-refractivity contribution in [3.8, 4) is 0 Å². The summed E-state index contributed by atoms with van der Waals surface area (Å²) in [6.45, 7) is 0.619. The minimum absolute atomic E-state index is 0.274. The Morgan fingerprint density at radius 3 is 2.64 bits per heavy atom. The van der Waals surface area contributed by atoms with E-state index in [9.17, 15) is 4.79 Å². The van der Waals surface area contributed by atoms with Gasteiger partial charge in [-0.1, -0.05) is 29.3 Å². The van der Waals surface area contributed by atoms with E-state index in [4.69, 9.17) is 23.2 Å². The number of halogens is 2. The van der Waals surface area contributed by atoms with Gasteiger partial charge in [0.2, 0.25) is 0 Å². The maximum absolute atomic E-state index is 12.4. The first-order chi connectivity index (χ1) is 12.1. The van der Waals surface area contributed by atoms with Crippen molar-refractivity contribution in [2.24, 2.45) is 0 Å². The van der Waals surface area contributed by atoms with Crippen LogP contribution in [0.25, 0.3) is 0 Å². The molecule has 1 aromatic carbocycles. The topological polar surface area (TPSA) is 66.9 Å². The van der Waals surface area contributed by atoms with Gasteiger partial charge in [0.25, 0.3) is 5.91 Å². The van der Waals surface area contributed by atoms with Gasteiger partial charge in [0, 0.05) is 30.8 Å². The van der Waals surface area contributed by atoms with Crippen molar-refractivity contribution in [2.45, 2.75) is 6.54 Å². The summed E-state index contributed by atoms with van der Waals surface area (Å²) in [6.07, 6.45) is 5.04. The average molecular weight is 373 g/mol. The highest BCUT2D eigenvalue weighted by Gasteiger charge is 2.12. The lowest BCUT2D eigenvalue weighted by atomic mass is 10.2. The van der Waals surface area contributed by atoms with Crippen LogP contribution >= 0.6 is 23.2 Å². The number of nitrogens with zero attached hydrogens (tertiary/aromatic N) is 2. The van der Waals surface area contributed by atoms with Crippen LogP contribution in [0.2, 0.25) is 10.0 Å². The largest absolute Gasteiger partial charge is 0.381 e. The van der Waals surface area contributed by atoms with Crippen molar-refractivity contribution in [1.82, 2.24) is 9.97 Å². The Balaban J connectivity index is 1.70. The molecule has 2 aromatic heterocycles. The number of hydrogen-bond donors (Lipinski definition) is 2. The Labute approximate surface area is 155 Å². The van der Waals surface area contributed by atoms with E-state index in [0.717, 1.165) is 11.3 Å². The number of anilines is 2. The van der Waals surface area contributed by atoms with Gasteiger partial charge in [-0.3, -0.25) is 14.8 Å². The number of carbonyl (C=O) groups is 1. The molecule has 0 saturated carbocycles. The summed E-state index contributed by atoms with van der Waals surface area (Å²) in [5, 5.41) is 6.63. The van der Waals surface area contributed by atoms with Gasteiger partial charge in [0.05, 0.1) is 15.7 Å². The number of hydrogen-bond acceptors (Lipinski definition) is 4. The van der Waals surface area contributed by atoms with Crippen LogP contribution < -0.4 is 10.6 Å². The summed E-state index contributed by atoms with van der Waals surface area (Å²) in [5.74, 6) is -0.364. The van der Waals surface area contributed by atoms with E-state index >= 15 is 0 Å². The first kappa shape index (κ1) is 17.2. The zero-order valence-electron chi connectivity index (χ0n) is 13.0. The molecule has 0 spiro atoms. The van der Waals surface area contributed by atoms with Crippen LogP contribution in [0.4, 0.5) is 11.4 Å². The molecule has 0 atom stereocenters. The number of rotatable bonds is 5. The summed E-state index contributed by atoms with van der Waals surface area (Å²) in [6, 6.07) is 12.4. The molecular weight excluding hydrogens is 359 g/mol. The summed E-state index contributed by atoms with van der Waals surface area (Å²) >= 11 is 12.0. The molecule has 2 N–H and O–H groups in total. The lowest BCUT2D eigenvalue weighted by Crippen LogP contribution is -2.14. The summed E-state index contributed by atoms with van der Waals surface area (Å²) < 4.78 is 0. The smallest absolute Gasteiger partial charge is 0.274 e. The van der Waals surface area contributed by atoms with Crippen molar-refractivity contribution in [1.29, 1.82) is 0 Å². The SMILES string of the molecule is O=C(Nc1cccc(Cl)c1Cl)c1cc(NCc2ccncc2)ccn1. The molecular formula is C18H14Cl2N4O. The zero-order valence-corrected chi connectivity index (χ0v) is 14.6. The summed E-state index contributed by atoms with van der Waals surface area (Å²) in [5.41, 5.74) is 2.59. The van der Waals surface area contributed by atoms with Gasteiger partial charge >= 0.3 is 0 Å². The van der Waals surface area contributed by atoms with Gasteiger partial charge in [-0.25, -0.2) is 0 Å². The van der Waals surface area contributed by atoms with E-state index in [1.165, 1.54) is 0 Å². The minimum Gasteiger partial charge on any atom is -0.381 e. The van der Waals surface area contributed by atoms with Crippen LogP contribution in [0.5, 0.6) is 0 Å². The number of amides is 1. The molecule has 7 heteroatoms. The molecule has 0 aliphatic rings. The molecule has 2 heterocycles. The molecule has 0 radical (unpaired) electrons. The first-order valence-electron chi connectivity index (χ1n) is 7.47. The standard InChI is InChI=1S/C18H14Cl2N4O/c19-14-2-1-3-15(17(14)20)24-18(25)16-10-13(6-9-22-16)23-11-12-4-7-21-8-5-12/h1-10H,11H2,(H,22,23)(H,24,25). The molecule has 25 heavy (non-hydrogen) atoms. The Kier molecular flexibility index (Phi) is 5.48. The second-order valence-electron chi connectivity index (χ2n) is 5.19. The fourth-order valence-corrected chi connectivity index (χ4v) is 2.50. The van der Waals surface area contributed by atoms with E-state index < -0.39 is 0 Å². The quantitative estimate of drug-likeness (QED) is 0.683.